The molecule has 1 aliphatic rings. The van der Waals surface area contributed by atoms with Gasteiger partial charge in [0.15, 0.2) is 0 Å². The second kappa shape index (κ2) is 5.18. The molecular formula is C15H18N2O2S2. The number of aliphatic carboxylic acids is 1. The van der Waals surface area contributed by atoms with Gasteiger partial charge < -0.3 is 5.11 Å². The second-order valence-corrected chi connectivity index (χ2v) is 8.34. The summed E-state index contributed by atoms with van der Waals surface area (Å²) in [6.45, 7) is 6.43. The van der Waals surface area contributed by atoms with E-state index in [0.717, 1.165) is 39.1 Å². The lowest BCUT2D eigenvalue weighted by Gasteiger charge is -2.16. The van der Waals surface area contributed by atoms with E-state index in [0.29, 0.717) is 6.42 Å². The molecule has 4 nitrogen and oxygen atoms in total. The SMILES string of the molecule is CC(C)(C)c1nc(-c2nc3c(s2)CCCC3C(=O)O)cs1. The van der Waals surface area contributed by atoms with Gasteiger partial charge in [0.2, 0.25) is 0 Å². The molecule has 0 aliphatic heterocycles. The van der Waals surface area contributed by atoms with E-state index < -0.39 is 11.9 Å². The molecule has 112 valence electrons. The summed E-state index contributed by atoms with van der Waals surface area (Å²) in [4.78, 5) is 21.8. The molecule has 0 saturated heterocycles. The van der Waals surface area contributed by atoms with Gasteiger partial charge in [-0.2, -0.15) is 0 Å². The molecule has 2 aromatic rings. The molecule has 6 heteroatoms. The van der Waals surface area contributed by atoms with Crippen LogP contribution in [-0.2, 0) is 16.6 Å². The first-order chi connectivity index (χ1) is 9.86. The topological polar surface area (TPSA) is 63.1 Å². The maximum atomic E-state index is 11.3. The summed E-state index contributed by atoms with van der Waals surface area (Å²) in [5.41, 5.74) is 1.68. The van der Waals surface area contributed by atoms with E-state index >= 15 is 0 Å². The van der Waals surface area contributed by atoms with Gasteiger partial charge in [0.05, 0.1) is 10.7 Å². The van der Waals surface area contributed by atoms with E-state index in [2.05, 4.69) is 30.7 Å². The Kier molecular flexibility index (Phi) is 3.61. The Labute approximate surface area is 131 Å². The van der Waals surface area contributed by atoms with Gasteiger partial charge in [0, 0.05) is 15.7 Å². The first-order valence-electron chi connectivity index (χ1n) is 7.05. The number of hydrogen-bond donors (Lipinski definition) is 1. The molecule has 0 spiro atoms. The van der Waals surface area contributed by atoms with Crippen molar-refractivity contribution in [3.63, 3.8) is 0 Å². The minimum atomic E-state index is -0.763. The van der Waals surface area contributed by atoms with E-state index in [1.165, 1.54) is 0 Å². The van der Waals surface area contributed by atoms with Crippen LogP contribution in [0.2, 0.25) is 0 Å². The summed E-state index contributed by atoms with van der Waals surface area (Å²) in [6.07, 6.45) is 2.55. The molecule has 0 amide bonds. The molecule has 0 aromatic carbocycles. The number of nitrogens with zero attached hydrogens (tertiary/aromatic N) is 2. The monoisotopic (exact) mass is 322 g/mol. The van der Waals surface area contributed by atoms with Gasteiger partial charge in [-0.1, -0.05) is 20.8 Å². The van der Waals surface area contributed by atoms with Crippen LogP contribution in [0.15, 0.2) is 5.38 Å². The van der Waals surface area contributed by atoms with Crippen LogP contribution in [-0.4, -0.2) is 21.0 Å². The van der Waals surface area contributed by atoms with Gasteiger partial charge in [-0.05, 0) is 19.3 Å². The zero-order valence-electron chi connectivity index (χ0n) is 12.3. The number of aromatic nitrogens is 2. The number of carboxylic acid groups (broad SMARTS) is 1. The van der Waals surface area contributed by atoms with Crippen LogP contribution in [0.3, 0.4) is 0 Å². The van der Waals surface area contributed by atoms with Crippen LogP contribution in [0.4, 0.5) is 0 Å². The van der Waals surface area contributed by atoms with Crippen LogP contribution in [0, 0.1) is 0 Å². The molecular weight excluding hydrogens is 304 g/mol. The van der Waals surface area contributed by atoms with Gasteiger partial charge in [0.25, 0.3) is 0 Å². The number of carboxylic acids is 1. The number of rotatable bonds is 2. The van der Waals surface area contributed by atoms with Crippen LogP contribution < -0.4 is 0 Å². The maximum Gasteiger partial charge on any atom is 0.312 e. The molecule has 3 rings (SSSR count). The lowest BCUT2D eigenvalue weighted by molar-refractivity contribution is -0.139. The van der Waals surface area contributed by atoms with Gasteiger partial charge in [-0.15, -0.1) is 22.7 Å². The highest BCUT2D eigenvalue weighted by Crippen LogP contribution is 2.39. The van der Waals surface area contributed by atoms with Crippen molar-refractivity contribution in [2.45, 2.75) is 51.4 Å². The minimum Gasteiger partial charge on any atom is -0.481 e. The third kappa shape index (κ3) is 2.74. The Hall–Kier alpha value is -1.27. The van der Waals surface area contributed by atoms with E-state index in [1.54, 1.807) is 22.7 Å². The van der Waals surface area contributed by atoms with Crippen LogP contribution in [0.5, 0.6) is 0 Å². The number of hydrogen-bond acceptors (Lipinski definition) is 5. The minimum absolute atomic E-state index is 0.0311. The normalized spacial score (nSPS) is 18.5. The first-order valence-corrected chi connectivity index (χ1v) is 8.74. The summed E-state index contributed by atoms with van der Waals surface area (Å²) in [5.74, 6) is -1.21. The zero-order chi connectivity index (χ0) is 15.2. The Morgan fingerprint density at radius 1 is 1.38 bits per heavy atom. The van der Waals surface area contributed by atoms with Crippen LogP contribution in [0.25, 0.3) is 10.7 Å². The third-order valence-corrected chi connectivity index (χ3v) is 6.04. The van der Waals surface area contributed by atoms with Crippen molar-refractivity contribution in [1.82, 2.24) is 9.97 Å². The summed E-state index contributed by atoms with van der Waals surface area (Å²) in [5, 5.41) is 13.3. The maximum absolute atomic E-state index is 11.3. The Morgan fingerprint density at radius 3 is 2.76 bits per heavy atom. The molecule has 0 radical (unpaired) electrons. The standard InChI is InChI=1S/C15H18N2O2S2/c1-15(2,3)14-16-9(7-20-14)12-17-11-8(13(18)19)5-4-6-10(11)21-12/h7-8H,4-6H2,1-3H3,(H,18,19). The fraction of sp³-hybridized carbons (Fsp3) is 0.533. The van der Waals surface area contributed by atoms with Crippen molar-refractivity contribution in [1.29, 1.82) is 0 Å². The fourth-order valence-electron chi connectivity index (χ4n) is 2.48. The smallest absolute Gasteiger partial charge is 0.312 e. The highest BCUT2D eigenvalue weighted by atomic mass is 32.1. The predicted molar refractivity (Wildman–Crippen MR) is 85.2 cm³/mol. The molecule has 21 heavy (non-hydrogen) atoms. The fourth-order valence-corrected chi connectivity index (χ4v) is 4.58. The van der Waals surface area contributed by atoms with Gasteiger partial charge in [0.1, 0.15) is 16.6 Å². The number of aryl methyl sites for hydroxylation is 1. The lowest BCUT2D eigenvalue weighted by Crippen LogP contribution is -2.17. The largest absolute Gasteiger partial charge is 0.481 e. The van der Waals surface area contributed by atoms with Gasteiger partial charge in [-0.3, -0.25) is 4.79 Å². The number of carbonyl (C=O) groups is 1. The third-order valence-electron chi connectivity index (χ3n) is 3.62. The van der Waals surface area contributed by atoms with Crippen molar-refractivity contribution in [2.75, 3.05) is 0 Å². The molecule has 1 N–H and O–H groups in total. The molecule has 2 aromatic heterocycles. The number of fused-ring (bicyclic) bond motifs is 1. The highest BCUT2D eigenvalue weighted by molar-refractivity contribution is 7.15. The molecule has 1 unspecified atom stereocenters. The van der Waals surface area contributed by atoms with Crippen molar-refractivity contribution in [3.05, 3.63) is 21.0 Å². The summed E-state index contributed by atoms with van der Waals surface area (Å²) >= 11 is 3.25. The van der Waals surface area contributed by atoms with E-state index in [-0.39, 0.29) is 5.41 Å². The van der Waals surface area contributed by atoms with Crippen LogP contribution >= 0.6 is 22.7 Å². The average Bonchev–Trinajstić information content (AvgIpc) is 3.03. The van der Waals surface area contributed by atoms with E-state index in [4.69, 9.17) is 0 Å². The summed E-state index contributed by atoms with van der Waals surface area (Å²) < 4.78 is 0. The Morgan fingerprint density at radius 2 is 2.14 bits per heavy atom. The Balaban J connectivity index is 1.98. The quantitative estimate of drug-likeness (QED) is 0.905. The van der Waals surface area contributed by atoms with Gasteiger partial charge >= 0.3 is 5.97 Å². The zero-order valence-corrected chi connectivity index (χ0v) is 14.0. The molecule has 0 bridgehead atoms. The second-order valence-electron chi connectivity index (χ2n) is 6.40. The molecule has 2 heterocycles. The lowest BCUT2D eigenvalue weighted by atomic mass is 9.91. The molecule has 1 atom stereocenters. The average molecular weight is 322 g/mol. The Bertz CT molecular complexity index is 682. The van der Waals surface area contributed by atoms with E-state index in [1.807, 2.05) is 5.38 Å². The molecule has 1 aliphatic carbocycles. The molecule has 0 saturated carbocycles. The van der Waals surface area contributed by atoms with Crippen molar-refractivity contribution in [2.24, 2.45) is 0 Å². The van der Waals surface area contributed by atoms with Crippen LogP contribution in [0.1, 0.15) is 55.1 Å². The van der Waals surface area contributed by atoms with Crippen molar-refractivity contribution in [3.8, 4) is 10.7 Å². The summed E-state index contributed by atoms with van der Waals surface area (Å²) in [6, 6.07) is 0. The van der Waals surface area contributed by atoms with E-state index in [9.17, 15) is 9.90 Å². The highest BCUT2D eigenvalue weighted by Gasteiger charge is 2.30. The predicted octanol–water partition coefficient (Wildman–Crippen LogP) is 4.07. The van der Waals surface area contributed by atoms with Gasteiger partial charge in [-0.25, -0.2) is 9.97 Å². The van der Waals surface area contributed by atoms with Crippen molar-refractivity contribution >= 4 is 28.6 Å². The number of thiazole rings is 2. The first kappa shape index (κ1) is 14.7. The molecule has 0 fully saturated rings. The summed E-state index contributed by atoms with van der Waals surface area (Å²) in [7, 11) is 0. The van der Waals surface area contributed by atoms with Crippen molar-refractivity contribution < 1.29 is 9.90 Å².